The van der Waals surface area contributed by atoms with Crippen LogP contribution in [0.3, 0.4) is 0 Å². The lowest BCUT2D eigenvalue weighted by Crippen LogP contribution is -2.02. The van der Waals surface area contributed by atoms with Gasteiger partial charge in [0.25, 0.3) is 0 Å². The molecule has 0 bridgehead atoms. The molecule has 0 aliphatic carbocycles. The van der Waals surface area contributed by atoms with Crippen molar-refractivity contribution in [3.63, 3.8) is 0 Å². The quantitative estimate of drug-likeness (QED) is 0.715. The van der Waals surface area contributed by atoms with E-state index in [1.54, 1.807) is 16.4 Å². The van der Waals surface area contributed by atoms with E-state index >= 15 is 0 Å². The molecule has 0 amide bonds. The summed E-state index contributed by atoms with van der Waals surface area (Å²) in [5.74, 6) is 0.941. The first-order valence-corrected chi connectivity index (χ1v) is 5.60. The molecule has 0 aromatic carbocycles. The Morgan fingerprint density at radius 2 is 2.46 bits per heavy atom. The van der Waals surface area contributed by atoms with E-state index in [4.69, 9.17) is 0 Å². The van der Waals surface area contributed by atoms with Gasteiger partial charge in [-0.2, -0.15) is 16.9 Å². The van der Waals surface area contributed by atoms with Crippen LogP contribution >= 0.6 is 11.8 Å². The fraction of sp³-hybridized carbons (Fsp3) is 0.556. The molecule has 0 unspecified atom stereocenters. The van der Waals surface area contributed by atoms with E-state index in [1.165, 1.54) is 0 Å². The number of hydrogen-bond donors (Lipinski definition) is 0. The average molecular weight is 198 g/mol. The van der Waals surface area contributed by atoms with Crippen molar-refractivity contribution in [2.24, 2.45) is 7.05 Å². The van der Waals surface area contributed by atoms with Gasteiger partial charge in [-0.3, -0.25) is 9.48 Å². The first-order valence-electron chi connectivity index (χ1n) is 4.20. The molecule has 1 rings (SSSR count). The summed E-state index contributed by atoms with van der Waals surface area (Å²) in [5, 5.41) is 4.04. The Morgan fingerprint density at radius 1 is 1.69 bits per heavy atom. The van der Waals surface area contributed by atoms with Crippen molar-refractivity contribution >= 4 is 17.5 Å². The Balaban J connectivity index is 2.30. The summed E-state index contributed by atoms with van der Waals surface area (Å²) < 4.78 is 1.76. The summed E-state index contributed by atoms with van der Waals surface area (Å²) >= 11 is 1.58. The van der Waals surface area contributed by atoms with Gasteiger partial charge < -0.3 is 0 Å². The summed E-state index contributed by atoms with van der Waals surface area (Å²) in [7, 11) is 1.88. The minimum Gasteiger partial charge on any atom is -0.299 e. The minimum absolute atomic E-state index is 0.316. The van der Waals surface area contributed by atoms with Gasteiger partial charge in [0.2, 0.25) is 0 Å². The van der Waals surface area contributed by atoms with Crippen LogP contribution in [0, 0.1) is 0 Å². The van der Waals surface area contributed by atoms with Gasteiger partial charge in [0.15, 0.2) is 0 Å². The first-order chi connectivity index (χ1) is 6.22. The van der Waals surface area contributed by atoms with Crippen molar-refractivity contribution in [1.82, 2.24) is 9.78 Å². The van der Waals surface area contributed by atoms with Gasteiger partial charge in [0.1, 0.15) is 5.78 Å². The maximum atomic E-state index is 11.2. The topological polar surface area (TPSA) is 34.9 Å². The molecule has 0 N–H and O–H groups in total. The second kappa shape index (κ2) is 5.07. The Labute approximate surface area is 82.5 Å². The number of aryl methyl sites for hydroxylation is 2. The van der Waals surface area contributed by atoms with Crippen molar-refractivity contribution in [3.8, 4) is 0 Å². The number of carbonyl (C=O) groups is 1. The zero-order valence-corrected chi connectivity index (χ0v) is 8.80. The first kappa shape index (κ1) is 10.3. The van der Waals surface area contributed by atoms with E-state index in [-0.39, 0.29) is 0 Å². The smallest absolute Gasteiger partial charge is 0.143 e. The molecule has 0 radical (unpaired) electrons. The molecule has 0 saturated heterocycles. The molecule has 0 atom stereocenters. The second-order valence-electron chi connectivity index (χ2n) is 2.99. The monoisotopic (exact) mass is 198 g/mol. The highest BCUT2D eigenvalue weighted by atomic mass is 32.2. The number of ketones is 1. The maximum absolute atomic E-state index is 11.2. The number of nitrogens with zero attached hydrogens (tertiary/aromatic N) is 2. The molecule has 3 nitrogen and oxygen atoms in total. The molecule has 4 heteroatoms. The largest absolute Gasteiger partial charge is 0.299 e. The van der Waals surface area contributed by atoms with Crippen LogP contribution in [0.4, 0.5) is 0 Å². The van der Waals surface area contributed by atoms with Crippen LogP contribution in [0.5, 0.6) is 0 Å². The van der Waals surface area contributed by atoms with Crippen LogP contribution in [-0.4, -0.2) is 27.6 Å². The van der Waals surface area contributed by atoms with Gasteiger partial charge in [-0.15, -0.1) is 0 Å². The van der Waals surface area contributed by atoms with Crippen molar-refractivity contribution < 1.29 is 4.79 Å². The van der Waals surface area contributed by atoms with Gasteiger partial charge in [-0.1, -0.05) is 0 Å². The second-order valence-corrected chi connectivity index (χ2v) is 3.86. The number of rotatable bonds is 5. The van der Waals surface area contributed by atoms with Gasteiger partial charge in [0.05, 0.1) is 11.9 Å². The van der Waals surface area contributed by atoms with Gasteiger partial charge in [-0.25, -0.2) is 0 Å². The molecule has 1 heterocycles. The van der Waals surface area contributed by atoms with Crippen molar-refractivity contribution in [1.29, 1.82) is 0 Å². The van der Waals surface area contributed by atoms with E-state index in [0.717, 1.165) is 12.0 Å². The normalized spacial score (nSPS) is 10.3. The van der Waals surface area contributed by atoms with Crippen LogP contribution in [0.2, 0.25) is 0 Å². The molecule has 72 valence electrons. The van der Waals surface area contributed by atoms with Crippen LogP contribution in [0.1, 0.15) is 12.0 Å². The fourth-order valence-electron chi connectivity index (χ4n) is 1.12. The lowest BCUT2D eigenvalue weighted by atomic mass is 10.1. The molecule has 13 heavy (non-hydrogen) atoms. The summed E-state index contributed by atoms with van der Waals surface area (Å²) in [5.41, 5.74) is 1.14. The van der Waals surface area contributed by atoms with E-state index in [1.807, 2.05) is 25.7 Å². The van der Waals surface area contributed by atoms with E-state index < -0.39 is 0 Å². The maximum Gasteiger partial charge on any atom is 0.143 e. The van der Waals surface area contributed by atoms with Crippen molar-refractivity contribution in [2.75, 3.05) is 12.0 Å². The third-order valence-electron chi connectivity index (χ3n) is 1.76. The number of thioether (sulfide) groups is 1. The number of carbonyl (C=O) groups excluding carboxylic acids is 1. The van der Waals surface area contributed by atoms with Gasteiger partial charge in [-0.05, 0) is 18.2 Å². The summed E-state index contributed by atoms with van der Waals surface area (Å²) in [6, 6.07) is 0. The van der Waals surface area contributed by atoms with Crippen LogP contribution < -0.4 is 0 Å². The molecule has 1 aromatic heterocycles. The molecule has 0 spiro atoms. The highest BCUT2D eigenvalue weighted by Crippen LogP contribution is 2.03. The van der Waals surface area contributed by atoms with Gasteiger partial charge >= 0.3 is 0 Å². The number of Topliss-reactive ketones (excluding diaryl/α,β-unsaturated/α-hetero) is 1. The zero-order chi connectivity index (χ0) is 9.68. The third-order valence-corrected chi connectivity index (χ3v) is 2.37. The highest BCUT2D eigenvalue weighted by Gasteiger charge is 2.02. The van der Waals surface area contributed by atoms with E-state index in [9.17, 15) is 4.79 Å². The average Bonchev–Trinajstić information content (AvgIpc) is 2.49. The molecule has 0 saturated carbocycles. The molecule has 1 aromatic rings. The highest BCUT2D eigenvalue weighted by molar-refractivity contribution is 7.99. The molecular weight excluding hydrogens is 184 g/mol. The molecule has 0 aliphatic rings. The molecule has 0 fully saturated rings. The van der Waals surface area contributed by atoms with Crippen LogP contribution in [-0.2, 0) is 18.3 Å². The SMILES string of the molecule is CSCC(=O)CCc1cnn(C)c1. The fourth-order valence-corrected chi connectivity index (χ4v) is 1.58. The number of hydrogen-bond acceptors (Lipinski definition) is 3. The summed E-state index contributed by atoms with van der Waals surface area (Å²) in [4.78, 5) is 11.2. The Morgan fingerprint density at radius 3 is 3.00 bits per heavy atom. The van der Waals surface area contributed by atoms with Crippen molar-refractivity contribution in [3.05, 3.63) is 18.0 Å². The summed E-state index contributed by atoms with van der Waals surface area (Å²) in [6.07, 6.45) is 7.15. The zero-order valence-electron chi connectivity index (χ0n) is 7.99. The standard InChI is InChI=1S/C9H14N2OS/c1-11-6-8(5-10-11)3-4-9(12)7-13-2/h5-6H,3-4,7H2,1-2H3. The van der Waals surface area contributed by atoms with Crippen LogP contribution in [0.25, 0.3) is 0 Å². The third kappa shape index (κ3) is 3.63. The van der Waals surface area contributed by atoms with Gasteiger partial charge in [0, 0.05) is 19.7 Å². The number of aromatic nitrogens is 2. The van der Waals surface area contributed by atoms with E-state index in [0.29, 0.717) is 18.0 Å². The molecular formula is C9H14N2OS. The van der Waals surface area contributed by atoms with Crippen molar-refractivity contribution in [2.45, 2.75) is 12.8 Å². The Bertz CT molecular complexity index is 283. The predicted octanol–water partition coefficient (Wildman–Crippen LogP) is 1.28. The minimum atomic E-state index is 0.316. The Kier molecular flexibility index (Phi) is 4.02. The lowest BCUT2D eigenvalue weighted by Gasteiger charge is -1.95. The lowest BCUT2D eigenvalue weighted by molar-refractivity contribution is -0.116. The van der Waals surface area contributed by atoms with Crippen LogP contribution in [0.15, 0.2) is 12.4 Å². The summed E-state index contributed by atoms with van der Waals surface area (Å²) in [6.45, 7) is 0. The van der Waals surface area contributed by atoms with E-state index in [2.05, 4.69) is 5.10 Å². The molecule has 0 aliphatic heterocycles. The Hall–Kier alpha value is -0.770. The predicted molar refractivity (Wildman–Crippen MR) is 54.9 cm³/mol.